The van der Waals surface area contributed by atoms with E-state index in [1.165, 1.54) is 18.2 Å². The molecule has 118 valence electrons. The van der Waals surface area contributed by atoms with Crippen molar-refractivity contribution in [1.29, 1.82) is 0 Å². The maximum absolute atomic E-state index is 12.5. The Morgan fingerprint density at radius 1 is 1.13 bits per heavy atom. The number of aryl methyl sites for hydroxylation is 1. The minimum Gasteiger partial charge on any atom is -0.618 e. The summed E-state index contributed by atoms with van der Waals surface area (Å²) < 4.78 is 41.2. The number of ether oxygens (including phenoxy) is 1. The van der Waals surface area contributed by atoms with Gasteiger partial charge in [0, 0.05) is 6.07 Å². The molecule has 0 saturated carbocycles. The topological polar surface area (TPSA) is 52.4 Å². The third-order valence-electron chi connectivity index (χ3n) is 3.46. The van der Waals surface area contributed by atoms with Crippen LogP contribution in [0.2, 0.25) is 0 Å². The molecule has 0 aliphatic carbocycles. The van der Waals surface area contributed by atoms with Crippen molar-refractivity contribution in [2.45, 2.75) is 13.3 Å². The largest absolute Gasteiger partial charge is 0.618 e. The van der Waals surface area contributed by atoms with Crippen LogP contribution in [-0.4, -0.2) is 22.6 Å². The van der Waals surface area contributed by atoms with Crippen LogP contribution in [0, 0.1) is 12.1 Å². The molecule has 0 amide bonds. The molecule has 0 aromatic heterocycles. The normalized spacial score (nSPS) is 14.2. The first kappa shape index (κ1) is 15.1. The highest BCUT2D eigenvalue weighted by Gasteiger charge is 2.38. The maximum Gasteiger partial charge on any atom is 0.573 e. The summed E-state index contributed by atoms with van der Waals surface area (Å²) in [6.45, 7) is 1.69. The van der Waals surface area contributed by atoms with Crippen molar-refractivity contribution < 1.29 is 27.4 Å². The molecule has 0 spiro atoms. The van der Waals surface area contributed by atoms with Crippen molar-refractivity contribution in [2.75, 3.05) is 0 Å². The molecular formula is C16H10F3NO3. The minimum atomic E-state index is -4.85. The number of carbonyl (C=O) groups is 1. The quantitative estimate of drug-likeness (QED) is 0.626. The van der Waals surface area contributed by atoms with Gasteiger partial charge in [-0.2, -0.15) is 4.74 Å². The van der Waals surface area contributed by atoms with Gasteiger partial charge in [0.2, 0.25) is 5.69 Å². The van der Waals surface area contributed by atoms with Crippen molar-refractivity contribution >= 4 is 17.2 Å². The number of carbonyl (C=O) groups excluding carboxylic acids is 1. The molecule has 23 heavy (non-hydrogen) atoms. The van der Waals surface area contributed by atoms with Gasteiger partial charge in [0.15, 0.2) is 0 Å². The third kappa shape index (κ3) is 2.65. The van der Waals surface area contributed by atoms with Crippen LogP contribution in [0.5, 0.6) is 5.75 Å². The molecule has 0 N–H and O–H groups in total. The fourth-order valence-electron chi connectivity index (χ4n) is 2.54. The highest BCUT2D eigenvalue weighted by Crippen LogP contribution is 2.31. The van der Waals surface area contributed by atoms with Gasteiger partial charge in [-0.3, -0.25) is 4.79 Å². The second kappa shape index (κ2) is 5.12. The first-order chi connectivity index (χ1) is 10.8. The first-order valence-corrected chi connectivity index (χ1v) is 6.62. The number of ketones is 1. The standard InChI is InChI=1S/C16H10F3NO3/c1-9-4-2-7-12-13(9)15(21)14(20(12)22)10-5-3-6-11(8-10)23-16(17,18)19/h2-8H,1H3. The Kier molecular flexibility index (Phi) is 3.35. The molecule has 0 radical (unpaired) electrons. The Labute approximate surface area is 129 Å². The fraction of sp³-hybridized carbons (Fsp3) is 0.125. The molecule has 3 rings (SSSR count). The molecular weight excluding hydrogens is 311 g/mol. The zero-order valence-electron chi connectivity index (χ0n) is 11.8. The Bertz CT molecular complexity index is 841. The number of fused-ring (bicyclic) bond motifs is 1. The number of benzene rings is 2. The van der Waals surface area contributed by atoms with E-state index in [0.717, 1.165) is 12.1 Å². The van der Waals surface area contributed by atoms with Gasteiger partial charge in [0.1, 0.15) is 11.3 Å². The van der Waals surface area contributed by atoms with Crippen LogP contribution in [0.25, 0.3) is 0 Å². The third-order valence-corrected chi connectivity index (χ3v) is 3.46. The molecule has 0 bridgehead atoms. The van der Waals surface area contributed by atoms with E-state index in [0.29, 0.717) is 10.3 Å². The highest BCUT2D eigenvalue weighted by atomic mass is 19.4. The number of hydrogen-bond donors (Lipinski definition) is 0. The molecule has 1 heterocycles. The van der Waals surface area contributed by atoms with Gasteiger partial charge in [-0.05, 0) is 30.7 Å². The number of nitrogens with zero attached hydrogens (tertiary/aromatic N) is 1. The summed E-state index contributed by atoms with van der Waals surface area (Å²) >= 11 is 0. The molecule has 0 unspecified atom stereocenters. The van der Waals surface area contributed by atoms with Crippen LogP contribution in [0.3, 0.4) is 0 Å². The van der Waals surface area contributed by atoms with Crippen molar-refractivity contribution in [2.24, 2.45) is 0 Å². The predicted molar refractivity (Wildman–Crippen MR) is 76.0 cm³/mol. The Balaban J connectivity index is 2.07. The minimum absolute atomic E-state index is 0.0716. The molecule has 0 atom stereocenters. The van der Waals surface area contributed by atoms with Crippen LogP contribution in [0.4, 0.5) is 18.9 Å². The second-order valence-electron chi connectivity index (χ2n) is 5.02. The average Bonchev–Trinajstić information content (AvgIpc) is 2.70. The summed E-state index contributed by atoms with van der Waals surface area (Å²) in [6.07, 6.45) is -4.85. The summed E-state index contributed by atoms with van der Waals surface area (Å²) in [5, 5.41) is 12.4. The van der Waals surface area contributed by atoms with Gasteiger partial charge in [-0.25, -0.2) is 0 Å². The Morgan fingerprint density at radius 2 is 1.83 bits per heavy atom. The lowest BCUT2D eigenvalue weighted by Crippen LogP contribution is -2.19. The van der Waals surface area contributed by atoms with Crippen LogP contribution < -0.4 is 4.74 Å². The first-order valence-electron chi connectivity index (χ1n) is 6.62. The summed E-state index contributed by atoms with van der Waals surface area (Å²) in [6, 6.07) is 9.63. The molecule has 1 aliphatic rings. The molecule has 1 aliphatic heterocycles. The van der Waals surface area contributed by atoms with E-state index >= 15 is 0 Å². The van der Waals surface area contributed by atoms with Gasteiger partial charge in [-0.15, -0.1) is 13.2 Å². The number of hydrogen-bond acceptors (Lipinski definition) is 3. The molecule has 2 aromatic rings. The van der Waals surface area contributed by atoms with Gasteiger partial charge < -0.3 is 9.94 Å². The van der Waals surface area contributed by atoms with E-state index in [1.807, 2.05) is 0 Å². The fourth-order valence-corrected chi connectivity index (χ4v) is 2.54. The van der Waals surface area contributed by atoms with Gasteiger partial charge in [0.05, 0.1) is 5.56 Å². The van der Waals surface area contributed by atoms with E-state index in [1.54, 1.807) is 19.1 Å². The van der Waals surface area contributed by atoms with Gasteiger partial charge >= 0.3 is 6.36 Å². The van der Waals surface area contributed by atoms with Crippen LogP contribution in [0.15, 0.2) is 42.5 Å². The second-order valence-corrected chi connectivity index (χ2v) is 5.02. The summed E-state index contributed by atoms with van der Waals surface area (Å²) in [5.74, 6) is -1.01. The Hall–Kier alpha value is -2.83. The predicted octanol–water partition coefficient (Wildman–Crippen LogP) is 3.72. The number of Topliss-reactive ketones (excluding diaryl/α,β-unsaturated/α-hetero) is 1. The smallest absolute Gasteiger partial charge is 0.573 e. The van der Waals surface area contributed by atoms with E-state index < -0.39 is 17.9 Å². The molecule has 7 heteroatoms. The molecule has 0 fully saturated rings. The molecule has 2 aromatic carbocycles. The summed E-state index contributed by atoms with van der Waals surface area (Å²) in [5.41, 5.74) is 0.933. The van der Waals surface area contributed by atoms with Gasteiger partial charge in [-0.1, -0.05) is 18.2 Å². The van der Waals surface area contributed by atoms with E-state index in [2.05, 4.69) is 4.74 Å². The average molecular weight is 321 g/mol. The lowest BCUT2D eigenvalue weighted by molar-refractivity contribution is -0.355. The summed E-state index contributed by atoms with van der Waals surface area (Å²) in [4.78, 5) is 12.5. The van der Waals surface area contributed by atoms with Crippen molar-refractivity contribution in [3.05, 3.63) is 64.4 Å². The van der Waals surface area contributed by atoms with Gasteiger partial charge in [0.25, 0.3) is 11.5 Å². The van der Waals surface area contributed by atoms with Crippen LogP contribution in [-0.2, 0) is 0 Å². The summed E-state index contributed by atoms with van der Waals surface area (Å²) in [7, 11) is 0. The highest BCUT2D eigenvalue weighted by molar-refractivity contribution is 6.52. The number of rotatable bonds is 2. The van der Waals surface area contributed by atoms with Crippen molar-refractivity contribution in [1.82, 2.24) is 0 Å². The Morgan fingerprint density at radius 3 is 2.48 bits per heavy atom. The van der Waals surface area contributed by atoms with Crippen LogP contribution in [0.1, 0.15) is 21.5 Å². The number of halogens is 3. The monoisotopic (exact) mass is 321 g/mol. The maximum atomic E-state index is 12.5. The number of alkyl halides is 3. The van der Waals surface area contributed by atoms with E-state index in [9.17, 15) is 23.2 Å². The van der Waals surface area contributed by atoms with E-state index in [-0.39, 0.29) is 22.5 Å². The molecule has 4 nitrogen and oxygen atoms in total. The van der Waals surface area contributed by atoms with Crippen LogP contribution >= 0.6 is 0 Å². The van der Waals surface area contributed by atoms with Crippen molar-refractivity contribution in [3.63, 3.8) is 0 Å². The zero-order chi connectivity index (χ0) is 16.8. The lowest BCUT2D eigenvalue weighted by atomic mass is 9.99. The molecule has 0 saturated heterocycles. The zero-order valence-corrected chi connectivity index (χ0v) is 11.8. The van der Waals surface area contributed by atoms with E-state index in [4.69, 9.17) is 0 Å². The SMILES string of the molecule is Cc1cccc2c1C(=O)C(c1cccc(OC(F)(F)F)c1)=[N+]2[O-]. The van der Waals surface area contributed by atoms with Crippen molar-refractivity contribution in [3.8, 4) is 5.75 Å². The lowest BCUT2D eigenvalue weighted by Gasteiger charge is -2.09.